The first-order valence-electron chi connectivity index (χ1n) is 7.32. The monoisotopic (exact) mass is 318 g/mol. The van der Waals surface area contributed by atoms with Crippen LogP contribution in [0.15, 0.2) is 48.5 Å². The van der Waals surface area contributed by atoms with E-state index in [0.29, 0.717) is 18.1 Å². The van der Waals surface area contributed by atoms with Gasteiger partial charge in [-0.3, -0.25) is 4.79 Å². The number of rotatable bonds is 8. The van der Waals surface area contributed by atoms with Gasteiger partial charge in [-0.2, -0.15) is 0 Å². The van der Waals surface area contributed by atoms with Crippen molar-refractivity contribution in [3.8, 4) is 5.75 Å². The van der Waals surface area contributed by atoms with Gasteiger partial charge in [0, 0.05) is 11.4 Å². The zero-order chi connectivity index (χ0) is 15.8. The number of ether oxygens (including phenoxy) is 1. The van der Waals surface area contributed by atoms with Crippen LogP contribution >= 0.6 is 11.6 Å². The van der Waals surface area contributed by atoms with E-state index in [1.165, 1.54) is 0 Å². The molecule has 0 atom stereocenters. The van der Waals surface area contributed by atoms with Crippen molar-refractivity contribution in [1.82, 2.24) is 0 Å². The lowest BCUT2D eigenvalue weighted by molar-refractivity contribution is -0.136. The molecule has 0 radical (unpaired) electrons. The minimum Gasteiger partial charge on any atom is -0.494 e. The van der Waals surface area contributed by atoms with Gasteiger partial charge < -0.3 is 9.84 Å². The zero-order valence-corrected chi connectivity index (χ0v) is 13.1. The summed E-state index contributed by atoms with van der Waals surface area (Å²) in [7, 11) is 0. The number of carbonyl (C=O) groups is 1. The molecule has 2 aromatic rings. The molecule has 0 unspecified atom stereocenters. The minimum absolute atomic E-state index is 0.101. The molecular weight excluding hydrogens is 300 g/mol. The lowest BCUT2D eigenvalue weighted by Gasteiger charge is -2.08. The van der Waals surface area contributed by atoms with E-state index in [4.69, 9.17) is 21.4 Å². The Bertz CT molecular complexity index is 611. The van der Waals surface area contributed by atoms with Gasteiger partial charge in [-0.25, -0.2) is 0 Å². The average Bonchev–Trinajstić information content (AvgIpc) is 2.51. The number of halogens is 1. The van der Waals surface area contributed by atoms with E-state index < -0.39 is 5.97 Å². The van der Waals surface area contributed by atoms with Crippen LogP contribution in [0, 0.1) is 0 Å². The molecule has 1 N–H and O–H groups in total. The van der Waals surface area contributed by atoms with Crippen LogP contribution in [0.4, 0.5) is 0 Å². The predicted molar refractivity (Wildman–Crippen MR) is 87.7 cm³/mol. The smallest absolute Gasteiger partial charge is 0.303 e. The maximum absolute atomic E-state index is 10.6. The standard InChI is InChI=1S/C18H19ClO3/c19-17-13-14(8-9-15(17)10-11-18(20)21)5-4-12-22-16-6-2-1-3-7-16/h1-3,6-9,13H,4-5,10-12H2,(H,20,21). The van der Waals surface area contributed by atoms with Crippen molar-refractivity contribution in [2.75, 3.05) is 6.61 Å². The number of hydrogen-bond donors (Lipinski definition) is 1. The van der Waals surface area contributed by atoms with Crippen molar-refractivity contribution in [1.29, 1.82) is 0 Å². The highest BCUT2D eigenvalue weighted by Crippen LogP contribution is 2.20. The van der Waals surface area contributed by atoms with Crippen molar-refractivity contribution in [2.45, 2.75) is 25.7 Å². The Kier molecular flexibility index (Phi) is 6.28. The van der Waals surface area contributed by atoms with Gasteiger partial charge in [0.1, 0.15) is 5.75 Å². The van der Waals surface area contributed by atoms with Crippen LogP contribution in [0.25, 0.3) is 0 Å². The van der Waals surface area contributed by atoms with Gasteiger partial charge in [-0.15, -0.1) is 0 Å². The Morgan fingerprint density at radius 1 is 1.09 bits per heavy atom. The molecule has 0 heterocycles. The molecule has 0 fully saturated rings. The first kappa shape index (κ1) is 16.4. The molecule has 0 saturated carbocycles. The van der Waals surface area contributed by atoms with E-state index in [9.17, 15) is 4.79 Å². The van der Waals surface area contributed by atoms with Crippen LogP contribution in [-0.2, 0) is 17.6 Å². The molecule has 0 amide bonds. The van der Waals surface area contributed by atoms with E-state index >= 15 is 0 Å². The summed E-state index contributed by atoms with van der Waals surface area (Å²) in [5.74, 6) is 0.0720. The van der Waals surface area contributed by atoms with Crippen LogP contribution in [-0.4, -0.2) is 17.7 Å². The summed E-state index contributed by atoms with van der Waals surface area (Å²) in [6, 6.07) is 15.6. The second kappa shape index (κ2) is 8.44. The third-order valence-corrected chi connectivity index (χ3v) is 3.70. The molecule has 2 rings (SSSR count). The van der Waals surface area contributed by atoms with Crippen LogP contribution in [0.1, 0.15) is 24.0 Å². The van der Waals surface area contributed by atoms with Crippen molar-refractivity contribution < 1.29 is 14.6 Å². The largest absolute Gasteiger partial charge is 0.494 e. The molecule has 3 nitrogen and oxygen atoms in total. The van der Waals surface area contributed by atoms with Crippen molar-refractivity contribution in [2.24, 2.45) is 0 Å². The maximum Gasteiger partial charge on any atom is 0.303 e. The van der Waals surface area contributed by atoms with Crippen molar-refractivity contribution >= 4 is 17.6 Å². The lowest BCUT2D eigenvalue weighted by Crippen LogP contribution is -2.00. The van der Waals surface area contributed by atoms with E-state index in [2.05, 4.69) is 0 Å². The van der Waals surface area contributed by atoms with Gasteiger partial charge in [0.15, 0.2) is 0 Å². The van der Waals surface area contributed by atoms with E-state index in [1.807, 2.05) is 48.5 Å². The van der Waals surface area contributed by atoms with Gasteiger partial charge in [0.25, 0.3) is 0 Å². The van der Waals surface area contributed by atoms with E-state index in [1.54, 1.807) is 0 Å². The topological polar surface area (TPSA) is 46.5 Å². The fraction of sp³-hybridized carbons (Fsp3) is 0.278. The van der Waals surface area contributed by atoms with Gasteiger partial charge in [0.05, 0.1) is 6.61 Å². The summed E-state index contributed by atoms with van der Waals surface area (Å²) in [5.41, 5.74) is 2.02. The third kappa shape index (κ3) is 5.41. The highest BCUT2D eigenvalue weighted by atomic mass is 35.5. The third-order valence-electron chi connectivity index (χ3n) is 3.35. The quantitative estimate of drug-likeness (QED) is 0.735. The number of para-hydroxylation sites is 1. The summed E-state index contributed by atoms with van der Waals surface area (Å²) >= 11 is 6.20. The van der Waals surface area contributed by atoms with Crippen LogP contribution in [0.2, 0.25) is 5.02 Å². The number of carboxylic acids is 1. The fourth-order valence-corrected chi connectivity index (χ4v) is 2.47. The lowest BCUT2D eigenvalue weighted by atomic mass is 10.0. The molecule has 22 heavy (non-hydrogen) atoms. The van der Waals surface area contributed by atoms with Crippen LogP contribution in [0.3, 0.4) is 0 Å². The zero-order valence-electron chi connectivity index (χ0n) is 12.3. The molecule has 0 bridgehead atoms. The summed E-state index contributed by atoms with van der Waals surface area (Å²) in [6.45, 7) is 0.655. The van der Waals surface area contributed by atoms with E-state index in [-0.39, 0.29) is 6.42 Å². The number of carboxylic acid groups (broad SMARTS) is 1. The normalized spacial score (nSPS) is 10.4. The van der Waals surface area contributed by atoms with Crippen LogP contribution in [0.5, 0.6) is 5.75 Å². The summed E-state index contributed by atoms with van der Waals surface area (Å²) < 4.78 is 5.65. The maximum atomic E-state index is 10.6. The van der Waals surface area contributed by atoms with E-state index in [0.717, 1.165) is 29.7 Å². The molecule has 116 valence electrons. The van der Waals surface area contributed by atoms with Gasteiger partial charge in [0.2, 0.25) is 0 Å². The molecule has 0 aromatic heterocycles. The molecule has 0 aliphatic heterocycles. The molecule has 4 heteroatoms. The average molecular weight is 319 g/mol. The number of hydrogen-bond acceptors (Lipinski definition) is 2. The highest BCUT2D eigenvalue weighted by Gasteiger charge is 2.05. The first-order chi connectivity index (χ1) is 10.6. The SMILES string of the molecule is O=C(O)CCc1ccc(CCCOc2ccccc2)cc1Cl. The van der Waals surface area contributed by atoms with Crippen LogP contribution < -0.4 is 4.74 Å². The molecular formula is C18H19ClO3. The number of benzene rings is 2. The Morgan fingerprint density at radius 2 is 1.86 bits per heavy atom. The Balaban J connectivity index is 1.78. The highest BCUT2D eigenvalue weighted by molar-refractivity contribution is 6.31. The molecule has 0 spiro atoms. The fourth-order valence-electron chi connectivity index (χ4n) is 2.17. The summed E-state index contributed by atoms with van der Waals surface area (Å²) in [6.07, 6.45) is 2.35. The minimum atomic E-state index is -0.807. The Morgan fingerprint density at radius 3 is 2.55 bits per heavy atom. The second-order valence-corrected chi connectivity index (χ2v) is 5.49. The Hall–Kier alpha value is -2.00. The summed E-state index contributed by atoms with van der Waals surface area (Å²) in [4.78, 5) is 10.6. The second-order valence-electron chi connectivity index (χ2n) is 5.08. The number of aliphatic carboxylic acids is 1. The summed E-state index contributed by atoms with van der Waals surface area (Å²) in [5, 5.41) is 9.34. The van der Waals surface area contributed by atoms with Gasteiger partial charge in [-0.05, 0) is 48.6 Å². The predicted octanol–water partition coefficient (Wildman–Crippen LogP) is 4.37. The molecule has 2 aromatic carbocycles. The van der Waals surface area contributed by atoms with Crippen molar-refractivity contribution in [3.63, 3.8) is 0 Å². The van der Waals surface area contributed by atoms with Crippen molar-refractivity contribution in [3.05, 3.63) is 64.7 Å². The van der Waals surface area contributed by atoms with Gasteiger partial charge in [-0.1, -0.05) is 41.9 Å². The first-order valence-corrected chi connectivity index (χ1v) is 7.70. The van der Waals surface area contributed by atoms with Gasteiger partial charge >= 0.3 is 5.97 Å². The molecule has 0 aliphatic carbocycles. The Labute approximate surface area is 135 Å². The number of aryl methyl sites for hydroxylation is 2. The molecule has 0 aliphatic rings. The molecule has 0 saturated heterocycles.